The van der Waals surface area contributed by atoms with E-state index in [2.05, 4.69) is 23.9 Å². The summed E-state index contributed by atoms with van der Waals surface area (Å²) in [7, 11) is 2.05. The fourth-order valence-corrected chi connectivity index (χ4v) is 1.45. The van der Waals surface area contributed by atoms with Gasteiger partial charge in [0.1, 0.15) is 5.82 Å². The van der Waals surface area contributed by atoms with E-state index in [1.54, 1.807) is 6.20 Å². The van der Waals surface area contributed by atoms with Gasteiger partial charge in [0.15, 0.2) is 0 Å². The molecule has 0 aliphatic rings. The van der Waals surface area contributed by atoms with E-state index >= 15 is 0 Å². The molecule has 0 spiro atoms. The van der Waals surface area contributed by atoms with Gasteiger partial charge in [-0.15, -0.1) is 0 Å². The molecule has 0 bridgehead atoms. The molecule has 0 atom stereocenters. The first-order valence-electron chi connectivity index (χ1n) is 5.55. The number of unbranched alkanes of at least 4 members (excludes halogenated alkanes) is 2. The molecule has 0 radical (unpaired) electrons. The Labute approximate surface area is 91.8 Å². The van der Waals surface area contributed by atoms with Gasteiger partial charge in [0, 0.05) is 19.8 Å². The molecule has 0 saturated carbocycles. The van der Waals surface area contributed by atoms with Gasteiger partial charge in [-0.3, -0.25) is 0 Å². The van der Waals surface area contributed by atoms with Gasteiger partial charge in [0.25, 0.3) is 0 Å². The van der Waals surface area contributed by atoms with Gasteiger partial charge >= 0.3 is 0 Å². The van der Waals surface area contributed by atoms with Crippen molar-refractivity contribution in [2.75, 3.05) is 18.5 Å². The summed E-state index contributed by atoms with van der Waals surface area (Å²) < 4.78 is 0. The van der Waals surface area contributed by atoms with Crippen molar-refractivity contribution in [1.29, 1.82) is 0 Å². The summed E-state index contributed by atoms with van der Waals surface area (Å²) in [6, 6.07) is 3.87. The zero-order chi connectivity index (χ0) is 11.1. The minimum Gasteiger partial charge on any atom is -0.392 e. The van der Waals surface area contributed by atoms with Gasteiger partial charge in [-0.1, -0.05) is 25.8 Å². The van der Waals surface area contributed by atoms with E-state index in [4.69, 9.17) is 5.11 Å². The number of rotatable bonds is 6. The first-order chi connectivity index (χ1) is 7.27. The summed E-state index contributed by atoms with van der Waals surface area (Å²) in [4.78, 5) is 6.44. The van der Waals surface area contributed by atoms with Crippen molar-refractivity contribution in [1.82, 2.24) is 4.98 Å². The third-order valence-corrected chi connectivity index (χ3v) is 2.48. The molecule has 1 aromatic rings. The number of aromatic nitrogens is 1. The molecule has 84 valence electrons. The highest BCUT2D eigenvalue weighted by molar-refractivity contribution is 5.37. The lowest BCUT2D eigenvalue weighted by Gasteiger charge is -2.17. The summed E-state index contributed by atoms with van der Waals surface area (Å²) in [5.41, 5.74) is 0.862. The summed E-state index contributed by atoms with van der Waals surface area (Å²) >= 11 is 0. The van der Waals surface area contributed by atoms with Crippen LogP contribution in [-0.2, 0) is 6.61 Å². The minimum atomic E-state index is 0.0623. The Morgan fingerprint density at radius 1 is 1.33 bits per heavy atom. The zero-order valence-electron chi connectivity index (χ0n) is 9.61. The molecular weight excluding hydrogens is 188 g/mol. The van der Waals surface area contributed by atoms with E-state index in [0.717, 1.165) is 17.9 Å². The first-order valence-corrected chi connectivity index (χ1v) is 5.55. The van der Waals surface area contributed by atoms with Crippen LogP contribution < -0.4 is 4.90 Å². The van der Waals surface area contributed by atoms with Crippen LogP contribution in [0.25, 0.3) is 0 Å². The van der Waals surface area contributed by atoms with E-state index in [-0.39, 0.29) is 6.61 Å². The van der Waals surface area contributed by atoms with Crippen molar-refractivity contribution < 1.29 is 5.11 Å². The third kappa shape index (κ3) is 3.88. The summed E-state index contributed by atoms with van der Waals surface area (Å²) in [5, 5.41) is 8.89. The average molecular weight is 208 g/mol. The van der Waals surface area contributed by atoms with Gasteiger partial charge in [-0.2, -0.15) is 0 Å². The fraction of sp³-hybridized carbons (Fsp3) is 0.583. The average Bonchev–Trinajstić information content (AvgIpc) is 2.29. The molecule has 1 N–H and O–H groups in total. The zero-order valence-corrected chi connectivity index (χ0v) is 9.61. The summed E-state index contributed by atoms with van der Waals surface area (Å²) in [6.45, 7) is 3.31. The topological polar surface area (TPSA) is 36.4 Å². The second-order valence-corrected chi connectivity index (χ2v) is 3.81. The minimum absolute atomic E-state index is 0.0623. The molecule has 0 unspecified atom stereocenters. The van der Waals surface area contributed by atoms with Gasteiger partial charge < -0.3 is 10.0 Å². The second-order valence-electron chi connectivity index (χ2n) is 3.81. The molecule has 3 heteroatoms. The number of hydrogen-bond acceptors (Lipinski definition) is 3. The van der Waals surface area contributed by atoms with Crippen molar-refractivity contribution in [2.45, 2.75) is 32.8 Å². The number of aliphatic hydroxyl groups excluding tert-OH is 1. The highest BCUT2D eigenvalue weighted by Gasteiger charge is 2.01. The monoisotopic (exact) mass is 208 g/mol. The smallest absolute Gasteiger partial charge is 0.128 e. The molecule has 0 amide bonds. The van der Waals surface area contributed by atoms with Crippen LogP contribution in [0.15, 0.2) is 18.3 Å². The quantitative estimate of drug-likeness (QED) is 0.728. The molecule has 0 saturated heterocycles. The van der Waals surface area contributed by atoms with Gasteiger partial charge in [-0.25, -0.2) is 4.98 Å². The van der Waals surface area contributed by atoms with Crippen molar-refractivity contribution in [3.63, 3.8) is 0 Å². The van der Waals surface area contributed by atoms with Crippen LogP contribution in [0, 0.1) is 0 Å². The molecule has 1 heterocycles. The van der Waals surface area contributed by atoms with E-state index in [9.17, 15) is 0 Å². The normalized spacial score (nSPS) is 10.3. The Morgan fingerprint density at radius 2 is 2.13 bits per heavy atom. The maximum Gasteiger partial charge on any atom is 0.128 e. The molecule has 0 aliphatic heterocycles. The van der Waals surface area contributed by atoms with Crippen LogP contribution in [0.5, 0.6) is 0 Å². The Bertz CT molecular complexity index is 271. The molecule has 0 fully saturated rings. The summed E-state index contributed by atoms with van der Waals surface area (Å²) in [6.07, 6.45) is 5.44. The largest absolute Gasteiger partial charge is 0.392 e. The van der Waals surface area contributed by atoms with Crippen LogP contribution in [0.2, 0.25) is 0 Å². The molecule has 0 aliphatic carbocycles. The van der Waals surface area contributed by atoms with E-state index in [1.807, 2.05) is 12.1 Å². The van der Waals surface area contributed by atoms with Crippen LogP contribution in [-0.4, -0.2) is 23.7 Å². The first kappa shape index (κ1) is 12.0. The lowest BCUT2D eigenvalue weighted by Crippen LogP contribution is -2.19. The molecule has 1 rings (SSSR count). The Hall–Kier alpha value is -1.09. The number of aliphatic hydroxyl groups is 1. The predicted molar refractivity (Wildman–Crippen MR) is 63.0 cm³/mol. The predicted octanol–water partition coefficient (Wildman–Crippen LogP) is 2.20. The van der Waals surface area contributed by atoms with E-state index in [0.29, 0.717) is 0 Å². The standard InChI is InChI=1S/C12H20N2O/c1-3-4-5-8-14(2)12-7-6-11(10-15)9-13-12/h6-7,9,15H,3-5,8,10H2,1-2H3. The highest BCUT2D eigenvalue weighted by atomic mass is 16.3. The maximum atomic E-state index is 8.89. The molecule has 3 nitrogen and oxygen atoms in total. The van der Waals surface area contributed by atoms with Crippen molar-refractivity contribution in [3.8, 4) is 0 Å². The van der Waals surface area contributed by atoms with E-state index < -0.39 is 0 Å². The lowest BCUT2D eigenvalue weighted by atomic mass is 10.2. The van der Waals surface area contributed by atoms with Gasteiger partial charge in [0.2, 0.25) is 0 Å². The van der Waals surface area contributed by atoms with Crippen LogP contribution in [0.1, 0.15) is 31.7 Å². The number of pyridine rings is 1. The van der Waals surface area contributed by atoms with Crippen LogP contribution in [0.4, 0.5) is 5.82 Å². The molecule has 1 aromatic heterocycles. The lowest BCUT2D eigenvalue weighted by molar-refractivity contribution is 0.281. The van der Waals surface area contributed by atoms with Crippen molar-refractivity contribution >= 4 is 5.82 Å². The second kappa shape index (κ2) is 6.40. The Balaban J connectivity index is 2.46. The molecule has 15 heavy (non-hydrogen) atoms. The Morgan fingerprint density at radius 3 is 2.67 bits per heavy atom. The fourth-order valence-electron chi connectivity index (χ4n) is 1.45. The number of nitrogens with zero attached hydrogens (tertiary/aromatic N) is 2. The Kier molecular flexibility index (Phi) is 5.12. The molecular formula is C12H20N2O. The van der Waals surface area contributed by atoms with Crippen LogP contribution in [0.3, 0.4) is 0 Å². The SMILES string of the molecule is CCCCCN(C)c1ccc(CO)cn1. The van der Waals surface area contributed by atoms with Gasteiger partial charge in [-0.05, 0) is 18.1 Å². The van der Waals surface area contributed by atoms with E-state index in [1.165, 1.54) is 19.3 Å². The number of hydrogen-bond donors (Lipinski definition) is 1. The van der Waals surface area contributed by atoms with Crippen molar-refractivity contribution in [3.05, 3.63) is 23.9 Å². The number of anilines is 1. The maximum absolute atomic E-state index is 8.89. The van der Waals surface area contributed by atoms with Gasteiger partial charge in [0.05, 0.1) is 6.61 Å². The highest BCUT2D eigenvalue weighted by Crippen LogP contribution is 2.10. The third-order valence-electron chi connectivity index (χ3n) is 2.48. The van der Waals surface area contributed by atoms with Crippen LogP contribution >= 0.6 is 0 Å². The summed E-state index contributed by atoms with van der Waals surface area (Å²) in [5.74, 6) is 0.975. The van der Waals surface area contributed by atoms with Crippen molar-refractivity contribution in [2.24, 2.45) is 0 Å². The molecule has 0 aromatic carbocycles.